The van der Waals surface area contributed by atoms with Gasteiger partial charge in [0, 0.05) is 13.0 Å². The predicted octanol–water partition coefficient (Wildman–Crippen LogP) is 0.904. The van der Waals surface area contributed by atoms with Gasteiger partial charge in [0.2, 0.25) is 5.72 Å². The fourth-order valence-corrected chi connectivity index (χ4v) is 1.68. The molecule has 27 heavy (non-hydrogen) atoms. The number of aliphatic imine (C=N–C) groups is 1. The summed E-state index contributed by atoms with van der Waals surface area (Å²) < 4.78 is 9.92. The van der Waals surface area contributed by atoms with Gasteiger partial charge in [-0.3, -0.25) is 15.6 Å². The Kier molecular flexibility index (Phi) is 8.51. The van der Waals surface area contributed by atoms with Crippen LogP contribution >= 0.6 is 0 Å². The minimum atomic E-state index is -2.52. The molecule has 0 bridgehead atoms. The number of carbonyl (C=O) groups excluding carboxylic acids is 2. The van der Waals surface area contributed by atoms with Crippen molar-refractivity contribution in [1.82, 2.24) is 10.6 Å². The Bertz CT molecular complexity index is 578. The summed E-state index contributed by atoms with van der Waals surface area (Å²) in [5, 5.41) is 23.4. The van der Waals surface area contributed by atoms with Gasteiger partial charge in [-0.25, -0.2) is 14.4 Å². The van der Waals surface area contributed by atoms with Crippen molar-refractivity contribution in [1.29, 1.82) is 0 Å². The Morgan fingerprint density at radius 3 is 1.93 bits per heavy atom. The highest BCUT2D eigenvalue weighted by Crippen LogP contribution is 2.13. The van der Waals surface area contributed by atoms with E-state index in [2.05, 4.69) is 10.3 Å². The van der Waals surface area contributed by atoms with Gasteiger partial charge in [-0.05, 0) is 48.0 Å². The van der Waals surface area contributed by atoms with Crippen molar-refractivity contribution in [2.75, 3.05) is 6.54 Å². The molecule has 0 spiro atoms. The van der Waals surface area contributed by atoms with Gasteiger partial charge in [0.15, 0.2) is 5.96 Å². The molecule has 0 unspecified atom stereocenters. The van der Waals surface area contributed by atoms with Gasteiger partial charge < -0.3 is 25.4 Å². The quantitative estimate of drug-likeness (QED) is 0.192. The van der Waals surface area contributed by atoms with Crippen LogP contribution in [0.25, 0.3) is 0 Å². The predicted molar refractivity (Wildman–Crippen MR) is 97.0 cm³/mol. The van der Waals surface area contributed by atoms with Crippen LogP contribution in [0.5, 0.6) is 0 Å². The first-order valence-corrected chi connectivity index (χ1v) is 8.31. The molecule has 1 atom stereocenters. The molecule has 11 nitrogen and oxygen atoms in total. The maximum atomic E-state index is 11.7. The van der Waals surface area contributed by atoms with Crippen molar-refractivity contribution in [2.45, 2.75) is 71.3 Å². The number of hydrogen-bond donors (Lipinski definition) is 5. The number of amides is 2. The molecule has 0 saturated heterocycles. The summed E-state index contributed by atoms with van der Waals surface area (Å²) in [6.45, 7) is 9.84. The summed E-state index contributed by atoms with van der Waals surface area (Å²) in [7, 11) is 0. The van der Waals surface area contributed by atoms with Crippen LogP contribution in [0.1, 0.15) is 54.4 Å². The monoisotopic (exact) mass is 390 g/mol. The number of carboxylic acid groups (broad SMARTS) is 1. The molecular weight excluding hydrogens is 360 g/mol. The van der Waals surface area contributed by atoms with Crippen molar-refractivity contribution >= 4 is 24.1 Å². The van der Waals surface area contributed by atoms with E-state index in [1.807, 2.05) is 5.32 Å². The highest BCUT2D eigenvalue weighted by molar-refractivity contribution is 5.92. The third-order valence-electron chi connectivity index (χ3n) is 2.67. The number of ether oxygens (including phenoxy) is 2. The third kappa shape index (κ3) is 11.6. The number of carboxylic acids is 1. The SMILES string of the molecule is CC(C)(C)OC(=O)NC(N)=NCCC[C@](O)(NC(=O)OC(C)(C)C)C(=O)O. The minimum Gasteiger partial charge on any atom is -0.478 e. The van der Waals surface area contributed by atoms with E-state index < -0.39 is 35.1 Å². The van der Waals surface area contributed by atoms with Crippen molar-refractivity contribution in [3.63, 3.8) is 0 Å². The Morgan fingerprint density at radius 1 is 1.00 bits per heavy atom. The fraction of sp³-hybridized carbons (Fsp3) is 0.750. The van der Waals surface area contributed by atoms with Crippen LogP contribution in [0.3, 0.4) is 0 Å². The maximum Gasteiger partial charge on any atom is 0.414 e. The summed E-state index contributed by atoms with van der Waals surface area (Å²) in [4.78, 5) is 38.3. The molecule has 0 heterocycles. The van der Waals surface area contributed by atoms with Crippen LogP contribution in [0, 0.1) is 0 Å². The third-order valence-corrected chi connectivity index (χ3v) is 2.67. The van der Waals surface area contributed by atoms with Gasteiger partial charge in [0.25, 0.3) is 0 Å². The van der Waals surface area contributed by atoms with Gasteiger partial charge in [-0.15, -0.1) is 0 Å². The lowest BCUT2D eigenvalue weighted by Crippen LogP contribution is -2.55. The molecule has 11 heteroatoms. The fourth-order valence-electron chi connectivity index (χ4n) is 1.68. The molecule has 2 amide bonds. The first kappa shape index (κ1) is 24.4. The van der Waals surface area contributed by atoms with Gasteiger partial charge in [-0.1, -0.05) is 0 Å². The molecular formula is C16H30N4O7. The first-order chi connectivity index (χ1) is 12.0. The number of guanidine groups is 1. The van der Waals surface area contributed by atoms with Crippen LogP contribution in [-0.4, -0.2) is 57.8 Å². The van der Waals surface area contributed by atoms with Gasteiger partial charge in [-0.2, -0.15) is 0 Å². The molecule has 0 saturated carbocycles. The molecule has 0 fully saturated rings. The lowest BCUT2D eigenvalue weighted by Gasteiger charge is -2.27. The van der Waals surface area contributed by atoms with Crippen LogP contribution in [0.4, 0.5) is 9.59 Å². The van der Waals surface area contributed by atoms with Gasteiger partial charge in [0.1, 0.15) is 11.2 Å². The molecule has 0 aromatic rings. The number of rotatable bonds is 6. The van der Waals surface area contributed by atoms with Crippen molar-refractivity contribution < 1.29 is 34.1 Å². The summed E-state index contributed by atoms with van der Waals surface area (Å²) in [5.41, 5.74) is 1.45. The number of aliphatic carboxylic acids is 1. The minimum absolute atomic E-state index is 0.00673. The molecule has 0 aliphatic heterocycles. The van der Waals surface area contributed by atoms with Gasteiger partial charge in [0.05, 0.1) is 0 Å². The number of carbonyl (C=O) groups is 3. The molecule has 0 rings (SSSR count). The molecule has 156 valence electrons. The van der Waals surface area contributed by atoms with Crippen LogP contribution in [0.15, 0.2) is 4.99 Å². The van der Waals surface area contributed by atoms with Gasteiger partial charge >= 0.3 is 18.2 Å². The number of aliphatic hydroxyl groups is 1. The van der Waals surface area contributed by atoms with E-state index in [4.69, 9.17) is 20.3 Å². The molecule has 0 radical (unpaired) electrons. The second-order valence-electron chi connectivity index (χ2n) is 7.79. The lowest BCUT2D eigenvalue weighted by atomic mass is 10.1. The molecule has 0 aliphatic rings. The average Bonchev–Trinajstić information content (AvgIpc) is 2.38. The second kappa shape index (κ2) is 9.40. The smallest absolute Gasteiger partial charge is 0.414 e. The van der Waals surface area contributed by atoms with Crippen molar-refractivity contribution in [3.05, 3.63) is 0 Å². The summed E-state index contributed by atoms with van der Waals surface area (Å²) in [5.74, 6) is -1.86. The molecule has 0 aromatic heterocycles. The van der Waals surface area contributed by atoms with E-state index in [1.54, 1.807) is 41.5 Å². The highest BCUT2D eigenvalue weighted by Gasteiger charge is 2.38. The van der Waals surface area contributed by atoms with Crippen LogP contribution in [0.2, 0.25) is 0 Å². The number of nitrogens with zero attached hydrogens (tertiary/aromatic N) is 1. The average molecular weight is 390 g/mol. The van der Waals surface area contributed by atoms with E-state index in [1.165, 1.54) is 0 Å². The lowest BCUT2D eigenvalue weighted by molar-refractivity contribution is -0.162. The normalized spacial score (nSPS) is 14.7. The Hall–Kier alpha value is -2.56. The van der Waals surface area contributed by atoms with Crippen LogP contribution < -0.4 is 16.4 Å². The molecule has 0 aliphatic carbocycles. The standard InChI is InChI=1S/C16H30N4O7/c1-14(2,3)26-12(23)19-11(17)18-9-7-8-16(25,10(21)22)20-13(24)27-15(4,5)6/h25H,7-9H2,1-6H3,(H,20,24)(H,21,22)(H3,17,18,19,23)/t16-/m1/s1. The Morgan fingerprint density at radius 2 is 1.48 bits per heavy atom. The Balaban J connectivity index is 4.60. The van der Waals surface area contributed by atoms with E-state index in [9.17, 15) is 19.5 Å². The number of hydrogen-bond acceptors (Lipinski definition) is 7. The van der Waals surface area contributed by atoms with Crippen LogP contribution in [-0.2, 0) is 14.3 Å². The molecule has 6 N–H and O–H groups in total. The van der Waals surface area contributed by atoms with E-state index in [0.717, 1.165) is 0 Å². The highest BCUT2D eigenvalue weighted by atomic mass is 16.6. The molecule has 0 aromatic carbocycles. The maximum absolute atomic E-state index is 11.7. The largest absolute Gasteiger partial charge is 0.478 e. The van der Waals surface area contributed by atoms with E-state index in [-0.39, 0.29) is 25.3 Å². The summed E-state index contributed by atoms with van der Waals surface area (Å²) >= 11 is 0. The topological polar surface area (TPSA) is 173 Å². The Labute approximate surface area is 158 Å². The second-order valence-corrected chi connectivity index (χ2v) is 7.79. The summed E-state index contributed by atoms with van der Waals surface area (Å²) in [6, 6.07) is 0. The zero-order valence-corrected chi connectivity index (χ0v) is 16.6. The van der Waals surface area contributed by atoms with Crippen molar-refractivity contribution in [3.8, 4) is 0 Å². The number of nitrogens with two attached hydrogens (primary N) is 1. The van der Waals surface area contributed by atoms with Crippen molar-refractivity contribution in [2.24, 2.45) is 10.7 Å². The number of nitrogens with one attached hydrogen (secondary N) is 2. The zero-order chi connectivity index (χ0) is 21.5. The van der Waals surface area contributed by atoms with E-state index in [0.29, 0.717) is 0 Å². The van der Waals surface area contributed by atoms with E-state index >= 15 is 0 Å². The summed E-state index contributed by atoms with van der Waals surface area (Å²) in [6.07, 6.45) is -2.15. The number of alkyl carbamates (subject to hydrolysis) is 2. The zero-order valence-electron chi connectivity index (χ0n) is 16.6. The first-order valence-electron chi connectivity index (χ1n) is 8.31.